The van der Waals surface area contributed by atoms with Crippen LogP contribution in [0, 0.1) is 17.8 Å². The van der Waals surface area contributed by atoms with E-state index in [2.05, 4.69) is 38.0 Å². The first kappa shape index (κ1) is 14.0. The summed E-state index contributed by atoms with van der Waals surface area (Å²) in [5.74, 6) is 1.94. The van der Waals surface area contributed by atoms with E-state index in [4.69, 9.17) is 0 Å². The fourth-order valence-electron chi connectivity index (χ4n) is 2.19. The molecule has 0 unspecified atom stereocenters. The van der Waals surface area contributed by atoms with Crippen LogP contribution in [0.5, 0.6) is 0 Å². The highest BCUT2D eigenvalue weighted by Crippen LogP contribution is 2.22. The summed E-state index contributed by atoms with van der Waals surface area (Å²) in [6.07, 6.45) is 3.46. The first-order chi connectivity index (χ1) is 8.06. The number of nitrogens with one attached hydrogen (secondary N) is 1. The molecule has 0 fully saturated rings. The standard InChI is InChI=1S/C14H24N2O/c1-10(2)13(11(3)4)8-16-14-5-6-15-7-12(14)9-17/h5-7,10-11,13,17H,8-9H2,1-4H3,(H,15,16). The van der Waals surface area contributed by atoms with Crippen LogP contribution < -0.4 is 5.32 Å². The monoisotopic (exact) mass is 236 g/mol. The van der Waals surface area contributed by atoms with Crippen molar-refractivity contribution in [3.63, 3.8) is 0 Å². The molecule has 0 aliphatic rings. The highest BCUT2D eigenvalue weighted by atomic mass is 16.3. The van der Waals surface area contributed by atoms with Crippen molar-refractivity contribution >= 4 is 5.69 Å². The Balaban J connectivity index is 2.65. The molecule has 1 heterocycles. The Morgan fingerprint density at radius 1 is 1.24 bits per heavy atom. The first-order valence-electron chi connectivity index (χ1n) is 6.33. The van der Waals surface area contributed by atoms with Crippen molar-refractivity contribution in [1.29, 1.82) is 0 Å². The minimum absolute atomic E-state index is 0.0319. The third kappa shape index (κ3) is 4.00. The Kier molecular flexibility index (Phi) is 5.42. The molecule has 0 aliphatic carbocycles. The Morgan fingerprint density at radius 3 is 2.41 bits per heavy atom. The summed E-state index contributed by atoms with van der Waals surface area (Å²) >= 11 is 0. The van der Waals surface area contributed by atoms with Crippen molar-refractivity contribution in [2.45, 2.75) is 34.3 Å². The molecule has 0 radical (unpaired) electrons. The van der Waals surface area contributed by atoms with E-state index in [9.17, 15) is 5.11 Å². The maximum Gasteiger partial charge on any atom is 0.0717 e. The molecule has 1 aromatic rings. The van der Waals surface area contributed by atoms with Gasteiger partial charge in [-0.05, 0) is 23.8 Å². The van der Waals surface area contributed by atoms with Crippen molar-refractivity contribution in [2.75, 3.05) is 11.9 Å². The highest BCUT2D eigenvalue weighted by Gasteiger charge is 2.17. The van der Waals surface area contributed by atoms with Gasteiger partial charge in [0.1, 0.15) is 0 Å². The zero-order valence-electron chi connectivity index (χ0n) is 11.3. The van der Waals surface area contributed by atoms with Gasteiger partial charge in [0.2, 0.25) is 0 Å². The van der Waals surface area contributed by atoms with Crippen molar-refractivity contribution in [1.82, 2.24) is 4.98 Å². The number of hydrogen-bond donors (Lipinski definition) is 2. The minimum atomic E-state index is 0.0319. The second-order valence-corrected chi connectivity index (χ2v) is 5.22. The molecule has 1 rings (SSSR count). The Hall–Kier alpha value is -1.09. The molecule has 0 atom stereocenters. The van der Waals surface area contributed by atoms with Gasteiger partial charge in [-0.2, -0.15) is 0 Å². The second-order valence-electron chi connectivity index (χ2n) is 5.22. The second kappa shape index (κ2) is 6.60. The van der Waals surface area contributed by atoms with Gasteiger partial charge in [-0.15, -0.1) is 0 Å². The third-order valence-corrected chi connectivity index (χ3v) is 3.31. The lowest BCUT2D eigenvalue weighted by atomic mass is 9.85. The summed E-state index contributed by atoms with van der Waals surface area (Å²) in [5.41, 5.74) is 1.85. The van der Waals surface area contributed by atoms with E-state index in [0.717, 1.165) is 17.8 Å². The van der Waals surface area contributed by atoms with Crippen molar-refractivity contribution < 1.29 is 5.11 Å². The number of anilines is 1. The molecule has 96 valence electrons. The molecule has 3 nitrogen and oxygen atoms in total. The van der Waals surface area contributed by atoms with Gasteiger partial charge in [0, 0.05) is 30.2 Å². The van der Waals surface area contributed by atoms with Crippen LogP contribution in [-0.2, 0) is 6.61 Å². The molecule has 0 spiro atoms. The average molecular weight is 236 g/mol. The summed E-state index contributed by atoms with van der Waals surface area (Å²) in [6.45, 7) is 9.99. The molecule has 0 saturated carbocycles. The smallest absolute Gasteiger partial charge is 0.0717 e. The average Bonchev–Trinajstić information content (AvgIpc) is 2.29. The van der Waals surface area contributed by atoms with E-state index in [1.807, 2.05) is 6.07 Å². The van der Waals surface area contributed by atoms with E-state index in [1.54, 1.807) is 12.4 Å². The predicted octanol–water partition coefficient (Wildman–Crippen LogP) is 2.91. The van der Waals surface area contributed by atoms with Crippen LogP contribution in [0.1, 0.15) is 33.3 Å². The van der Waals surface area contributed by atoms with Crippen molar-refractivity contribution in [3.05, 3.63) is 24.0 Å². The molecule has 3 heteroatoms. The van der Waals surface area contributed by atoms with Crippen molar-refractivity contribution in [2.24, 2.45) is 17.8 Å². The lowest BCUT2D eigenvalue weighted by Crippen LogP contribution is -2.24. The number of aliphatic hydroxyl groups is 1. The molecule has 0 bridgehead atoms. The normalized spacial score (nSPS) is 11.5. The summed E-state index contributed by atoms with van der Waals surface area (Å²) < 4.78 is 0. The largest absolute Gasteiger partial charge is 0.392 e. The first-order valence-corrected chi connectivity index (χ1v) is 6.33. The number of pyridine rings is 1. The highest BCUT2D eigenvalue weighted by molar-refractivity contribution is 5.49. The summed E-state index contributed by atoms with van der Waals surface area (Å²) in [5, 5.41) is 12.6. The van der Waals surface area contributed by atoms with Gasteiger partial charge in [-0.25, -0.2) is 0 Å². The number of hydrogen-bond acceptors (Lipinski definition) is 3. The van der Waals surface area contributed by atoms with Crippen LogP contribution in [0.25, 0.3) is 0 Å². The molecular weight excluding hydrogens is 212 g/mol. The summed E-state index contributed by atoms with van der Waals surface area (Å²) in [6, 6.07) is 1.92. The molecular formula is C14H24N2O. The van der Waals surface area contributed by atoms with Crippen LogP contribution in [0.15, 0.2) is 18.5 Å². The van der Waals surface area contributed by atoms with Gasteiger partial charge in [-0.1, -0.05) is 27.7 Å². The molecule has 0 aliphatic heterocycles. The molecule has 0 aromatic carbocycles. The SMILES string of the molecule is CC(C)C(CNc1ccncc1CO)C(C)C. The molecule has 0 saturated heterocycles. The maximum atomic E-state index is 9.22. The molecule has 17 heavy (non-hydrogen) atoms. The predicted molar refractivity (Wildman–Crippen MR) is 71.8 cm³/mol. The summed E-state index contributed by atoms with van der Waals surface area (Å²) in [7, 11) is 0. The maximum absolute atomic E-state index is 9.22. The van der Waals surface area contributed by atoms with E-state index in [-0.39, 0.29) is 6.61 Å². The van der Waals surface area contributed by atoms with Gasteiger partial charge >= 0.3 is 0 Å². The van der Waals surface area contributed by atoms with Gasteiger partial charge in [0.25, 0.3) is 0 Å². The zero-order chi connectivity index (χ0) is 12.8. The van der Waals surface area contributed by atoms with E-state index in [0.29, 0.717) is 17.8 Å². The molecule has 0 amide bonds. The van der Waals surface area contributed by atoms with Gasteiger partial charge in [-0.3, -0.25) is 4.98 Å². The van der Waals surface area contributed by atoms with Gasteiger partial charge < -0.3 is 10.4 Å². The quantitative estimate of drug-likeness (QED) is 0.798. The van der Waals surface area contributed by atoms with Crippen LogP contribution in [-0.4, -0.2) is 16.6 Å². The Bertz CT molecular complexity index is 329. The molecule has 2 N–H and O–H groups in total. The van der Waals surface area contributed by atoms with E-state index >= 15 is 0 Å². The van der Waals surface area contributed by atoms with Crippen molar-refractivity contribution in [3.8, 4) is 0 Å². The number of nitrogens with zero attached hydrogens (tertiary/aromatic N) is 1. The van der Waals surface area contributed by atoms with E-state index < -0.39 is 0 Å². The minimum Gasteiger partial charge on any atom is -0.392 e. The lowest BCUT2D eigenvalue weighted by molar-refractivity contribution is 0.281. The zero-order valence-corrected chi connectivity index (χ0v) is 11.3. The number of aromatic nitrogens is 1. The van der Waals surface area contributed by atoms with Crippen LogP contribution in [0.2, 0.25) is 0 Å². The lowest BCUT2D eigenvalue weighted by Gasteiger charge is -2.26. The Labute approximate surface area is 104 Å². The molecule has 1 aromatic heterocycles. The Morgan fingerprint density at radius 2 is 1.88 bits per heavy atom. The third-order valence-electron chi connectivity index (χ3n) is 3.31. The fraction of sp³-hybridized carbons (Fsp3) is 0.643. The van der Waals surface area contributed by atoms with Crippen LogP contribution >= 0.6 is 0 Å². The van der Waals surface area contributed by atoms with E-state index in [1.165, 1.54) is 0 Å². The fourth-order valence-corrected chi connectivity index (χ4v) is 2.19. The topological polar surface area (TPSA) is 45.2 Å². The number of rotatable bonds is 6. The van der Waals surface area contributed by atoms with Crippen LogP contribution in [0.4, 0.5) is 5.69 Å². The summed E-state index contributed by atoms with van der Waals surface area (Å²) in [4.78, 5) is 4.01. The van der Waals surface area contributed by atoms with Crippen LogP contribution in [0.3, 0.4) is 0 Å². The van der Waals surface area contributed by atoms with Gasteiger partial charge in [0.15, 0.2) is 0 Å². The van der Waals surface area contributed by atoms with Gasteiger partial charge in [0.05, 0.1) is 6.61 Å². The number of aliphatic hydroxyl groups excluding tert-OH is 1.